The van der Waals surface area contributed by atoms with Crippen LogP contribution in [0.5, 0.6) is 0 Å². The third-order valence-electron chi connectivity index (χ3n) is 4.55. The van der Waals surface area contributed by atoms with Gasteiger partial charge in [0.2, 0.25) is 5.91 Å². The van der Waals surface area contributed by atoms with Gasteiger partial charge in [0, 0.05) is 24.8 Å². The lowest BCUT2D eigenvalue weighted by Crippen LogP contribution is -2.43. The zero-order chi connectivity index (χ0) is 17.3. The maximum absolute atomic E-state index is 13.0. The van der Waals surface area contributed by atoms with E-state index in [4.69, 9.17) is 0 Å². The van der Waals surface area contributed by atoms with Gasteiger partial charge in [-0.25, -0.2) is 0 Å². The standard InChI is InChI=1S/C20H19NO3/c1-13-7-9-15(10-8-13)16(11-12-22)19-20(24)17-5-3-4-6-18(17)21(19)14(2)23/h3-10,12,16,19H,11H2,1-2H3/t16-,19+/m0/s1. The van der Waals surface area contributed by atoms with Crippen molar-refractivity contribution in [2.75, 3.05) is 4.90 Å². The SMILES string of the molecule is CC(=O)N1c2ccccc2C(=O)[C@H]1[C@@H](CC=O)c1ccc(C)cc1. The molecule has 0 N–H and O–H groups in total. The van der Waals surface area contributed by atoms with E-state index < -0.39 is 6.04 Å². The molecule has 4 heteroatoms. The van der Waals surface area contributed by atoms with Crippen molar-refractivity contribution in [1.29, 1.82) is 0 Å². The van der Waals surface area contributed by atoms with Crippen LogP contribution in [0.2, 0.25) is 0 Å². The Balaban J connectivity index is 2.10. The van der Waals surface area contributed by atoms with Crippen LogP contribution in [0, 0.1) is 6.92 Å². The number of hydrogen-bond acceptors (Lipinski definition) is 3. The largest absolute Gasteiger partial charge is 0.303 e. The number of hydrogen-bond donors (Lipinski definition) is 0. The minimum Gasteiger partial charge on any atom is -0.303 e. The third-order valence-corrected chi connectivity index (χ3v) is 4.55. The molecule has 1 aliphatic heterocycles. The molecular weight excluding hydrogens is 302 g/mol. The predicted octanol–water partition coefficient (Wildman–Crippen LogP) is 3.29. The van der Waals surface area contributed by atoms with E-state index in [2.05, 4.69) is 0 Å². The van der Waals surface area contributed by atoms with Gasteiger partial charge in [-0.2, -0.15) is 0 Å². The van der Waals surface area contributed by atoms with Crippen LogP contribution in [-0.4, -0.2) is 24.0 Å². The van der Waals surface area contributed by atoms with Crippen molar-refractivity contribution in [3.05, 3.63) is 65.2 Å². The van der Waals surface area contributed by atoms with E-state index in [0.717, 1.165) is 17.4 Å². The lowest BCUT2D eigenvalue weighted by Gasteiger charge is -2.29. The summed E-state index contributed by atoms with van der Waals surface area (Å²) in [7, 11) is 0. The van der Waals surface area contributed by atoms with Crippen LogP contribution >= 0.6 is 0 Å². The molecule has 24 heavy (non-hydrogen) atoms. The summed E-state index contributed by atoms with van der Waals surface area (Å²) in [5.74, 6) is -0.651. The molecule has 0 radical (unpaired) electrons. The Labute approximate surface area is 141 Å². The molecule has 2 aromatic carbocycles. The molecule has 3 rings (SSSR count). The number of amides is 1. The Morgan fingerprint density at radius 3 is 2.46 bits per heavy atom. The highest BCUT2D eigenvalue weighted by molar-refractivity contribution is 6.18. The first-order valence-electron chi connectivity index (χ1n) is 7.98. The van der Waals surface area contributed by atoms with Crippen LogP contribution in [-0.2, 0) is 9.59 Å². The number of benzene rings is 2. The number of carbonyl (C=O) groups is 3. The van der Waals surface area contributed by atoms with Crippen LogP contribution in [0.1, 0.15) is 40.7 Å². The van der Waals surface area contributed by atoms with Crippen molar-refractivity contribution in [3.63, 3.8) is 0 Å². The molecule has 1 aliphatic rings. The Morgan fingerprint density at radius 1 is 1.17 bits per heavy atom. The van der Waals surface area contributed by atoms with Gasteiger partial charge in [0.1, 0.15) is 12.3 Å². The van der Waals surface area contributed by atoms with Crippen LogP contribution in [0.25, 0.3) is 0 Å². The number of carbonyl (C=O) groups excluding carboxylic acids is 3. The number of aryl methyl sites for hydroxylation is 1. The van der Waals surface area contributed by atoms with Crippen molar-refractivity contribution >= 4 is 23.7 Å². The van der Waals surface area contributed by atoms with E-state index in [1.54, 1.807) is 18.2 Å². The summed E-state index contributed by atoms with van der Waals surface area (Å²) in [5.41, 5.74) is 3.17. The fraction of sp³-hybridized carbons (Fsp3) is 0.250. The van der Waals surface area contributed by atoms with Crippen LogP contribution in [0.4, 0.5) is 5.69 Å². The lowest BCUT2D eigenvalue weighted by atomic mass is 9.86. The second-order valence-corrected chi connectivity index (χ2v) is 6.13. The minimum atomic E-state index is -0.673. The highest BCUT2D eigenvalue weighted by Crippen LogP contribution is 2.39. The zero-order valence-electron chi connectivity index (χ0n) is 13.7. The highest BCUT2D eigenvalue weighted by Gasteiger charge is 2.44. The average molecular weight is 321 g/mol. The molecule has 0 unspecified atom stereocenters. The summed E-state index contributed by atoms with van der Waals surface area (Å²) in [6, 6.07) is 14.2. The van der Waals surface area contributed by atoms with E-state index in [-0.39, 0.29) is 24.0 Å². The number of nitrogens with zero attached hydrogens (tertiary/aromatic N) is 1. The molecule has 0 spiro atoms. The third kappa shape index (κ3) is 2.64. The summed E-state index contributed by atoms with van der Waals surface area (Å²) >= 11 is 0. The summed E-state index contributed by atoms with van der Waals surface area (Å²) in [6.07, 6.45) is 1.01. The van der Waals surface area contributed by atoms with Gasteiger partial charge in [-0.05, 0) is 24.6 Å². The van der Waals surface area contributed by atoms with Crippen molar-refractivity contribution in [3.8, 4) is 0 Å². The minimum absolute atomic E-state index is 0.103. The van der Waals surface area contributed by atoms with Crippen LogP contribution in [0.15, 0.2) is 48.5 Å². The second kappa shape index (κ2) is 6.40. The summed E-state index contributed by atoms with van der Waals surface area (Å²) in [6.45, 7) is 3.44. The van der Waals surface area contributed by atoms with Crippen LogP contribution < -0.4 is 4.90 Å². The smallest absolute Gasteiger partial charge is 0.224 e. The summed E-state index contributed by atoms with van der Waals surface area (Å²) in [5, 5.41) is 0. The molecule has 2 aromatic rings. The number of aldehydes is 1. The maximum Gasteiger partial charge on any atom is 0.224 e. The molecule has 0 bridgehead atoms. The normalized spacial score (nSPS) is 17.5. The first-order chi connectivity index (χ1) is 11.5. The molecule has 0 fully saturated rings. The average Bonchev–Trinajstić information content (AvgIpc) is 2.87. The number of rotatable bonds is 4. The Hall–Kier alpha value is -2.75. The Bertz CT molecular complexity index is 795. The van der Waals surface area contributed by atoms with E-state index in [9.17, 15) is 14.4 Å². The van der Waals surface area contributed by atoms with Crippen molar-refractivity contribution in [1.82, 2.24) is 0 Å². The number of anilines is 1. The first-order valence-corrected chi connectivity index (χ1v) is 7.98. The van der Waals surface area contributed by atoms with Gasteiger partial charge in [0.05, 0.1) is 5.69 Å². The van der Waals surface area contributed by atoms with Gasteiger partial charge in [0.15, 0.2) is 5.78 Å². The lowest BCUT2D eigenvalue weighted by molar-refractivity contribution is -0.117. The van der Waals surface area contributed by atoms with E-state index in [0.29, 0.717) is 11.3 Å². The molecular formula is C20H19NO3. The van der Waals surface area contributed by atoms with Crippen molar-refractivity contribution in [2.45, 2.75) is 32.2 Å². The number of para-hydroxylation sites is 1. The Kier molecular flexibility index (Phi) is 4.30. The van der Waals surface area contributed by atoms with Gasteiger partial charge >= 0.3 is 0 Å². The molecule has 1 amide bonds. The molecule has 4 nitrogen and oxygen atoms in total. The monoisotopic (exact) mass is 321 g/mol. The van der Waals surface area contributed by atoms with Crippen molar-refractivity contribution in [2.24, 2.45) is 0 Å². The fourth-order valence-corrected chi connectivity index (χ4v) is 3.41. The molecule has 0 saturated carbocycles. The number of ketones is 1. The molecule has 2 atom stereocenters. The van der Waals surface area contributed by atoms with Gasteiger partial charge in [-0.15, -0.1) is 0 Å². The van der Waals surface area contributed by atoms with E-state index in [1.807, 2.05) is 37.3 Å². The second-order valence-electron chi connectivity index (χ2n) is 6.13. The molecule has 0 saturated heterocycles. The zero-order valence-corrected chi connectivity index (χ0v) is 13.7. The van der Waals surface area contributed by atoms with Crippen molar-refractivity contribution < 1.29 is 14.4 Å². The maximum atomic E-state index is 13.0. The number of fused-ring (bicyclic) bond motifs is 1. The predicted molar refractivity (Wildman–Crippen MR) is 92.3 cm³/mol. The quantitative estimate of drug-likeness (QED) is 0.812. The molecule has 0 aliphatic carbocycles. The van der Waals surface area contributed by atoms with Gasteiger partial charge < -0.3 is 9.69 Å². The molecule has 122 valence electrons. The van der Waals surface area contributed by atoms with Gasteiger partial charge in [-0.3, -0.25) is 9.59 Å². The molecule has 1 heterocycles. The molecule has 0 aromatic heterocycles. The van der Waals surface area contributed by atoms with Crippen LogP contribution in [0.3, 0.4) is 0 Å². The van der Waals surface area contributed by atoms with E-state index >= 15 is 0 Å². The van der Waals surface area contributed by atoms with Gasteiger partial charge in [-0.1, -0.05) is 42.0 Å². The topological polar surface area (TPSA) is 54.5 Å². The van der Waals surface area contributed by atoms with Gasteiger partial charge in [0.25, 0.3) is 0 Å². The fourth-order valence-electron chi connectivity index (χ4n) is 3.41. The number of Topliss-reactive ketones (excluding diaryl/α,β-unsaturated/α-hetero) is 1. The summed E-state index contributed by atoms with van der Waals surface area (Å²) < 4.78 is 0. The Morgan fingerprint density at radius 2 is 1.83 bits per heavy atom. The first kappa shape index (κ1) is 16.1. The summed E-state index contributed by atoms with van der Waals surface area (Å²) in [4.78, 5) is 38.0. The highest BCUT2D eigenvalue weighted by atomic mass is 16.2. The van der Waals surface area contributed by atoms with E-state index in [1.165, 1.54) is 11.8 Å².